The van der Waals surface area contributed by atoms with Crippen LogP contribution in [0.25, 0.3) is 0 Å². The molecule has 0 aromatic carbocycles. The third-order valence-electron chi connectivity index (χ3n) is 3.80. The minimum absolute atomic E-state index is 0. The summed E-state index contributed by atoms with van der Waals surface area (Å²) in [5, 5.41) is 21.7. The average molecular weight is 2680 g/mol. The van der Waals surface area contributed by atoms with Crippen LogP contribution in [0.15, 0.2) is 0 Å². The number of carbonyl (C=O) groups excluding carboxylic acids is 1. The molecule has 4 atom stereocenters. The topological polar surface area (TPSA) is 49.4 Å². The molecule has 0 spiro atoms. The maximum absolute atomic E-state index is 10.7. The molecule has 0 bridgehead atoms. The molecule has 0 aliphatic heterocycles. The average Bonchev–Trinajstić information content (AvgIpc) is 3.57. The van der Waals surface area contributed by atoms with Crippen LogP contribution in [0.4, 0.5) is 4.32 Å². The summed E-state index contributed by atoms with van der Waals surface area (Å²) in [7, 11) is 0.512. The minimum Gasteiger partial charge on any atom is -0.662 e. The Morgan fingerprint density at radius 1 is 0.593 bits per heavy atom. The van der Waals surface area contributed by atoms with Gasteiger partial charge in [0.25, 0.3) is 6.47 Å². The van der Waals surface area contributed by atoms with Gasteiger partial charge in [-0.1, -0.05) is 178 Å². The van der Waals surface area contributed by atoms with Crippen molar-refractivity contribution in [2.45, 2.75) is 112 Å². The van der Waals surface area contributed by atoms with Crippen molar-refractivity contribution in [2.24, 2.45) is 0 Å². The second kappa shape index (κ2) is 205. The van der Waals surface area contributed by atoms with Gasteiger partial charge in [-0.15, -0.1) is 99.6 Å². The first-order valence-corrected chi connectivity index (χ1v) is 60.2. The summed E-state index contributed by atoms with van der Waals surface area (Å²) >= 11 is 45.3. The van der Waals surface area contributed by atoms with Gasteiger partial charge in [0.15, 0.2) is 0 Å². The van der Waals surface area contributed by atoms with E-state index in [1.54, 1.807) is 12.5 Å². The summed E-state index contributed by atoms with van der Waals surface area (Å²) in [4.78, 5) is 14.2. The number of halogens is 12. The number of hydrogen-bond donors (Lipinski definition) is 2. The van der Waals surface area contributed by atoms with Crippen molar-refractivity contribution in [1.29, 1.82) is 6.45 Å². The van der Waals surface area contributed by atoms with E-state index in [0.29, 0.717) is 56.4 Å². The van der Waals surface area contributed by atoms with Crippen LogP contribution in [-0.4, -0.2) is 104 Å². The standard InChI is InChI=1S/C8H10IPS.C8H10.2C6H6IPS.C5H4IPS.C4H5Br.C3H3Br.2C3H3I.CH4BF.CH2O3.2CH4S.2CH4.3IPS.2K/c1-2-3-4-5-6-7-8-11(9)10;1-3-5-7-8-6-4-2;2*1-2-3-4-5-6-9(7)8;1-2-3-4-5-8(6)7;1-2-3-4-5;3*1-2-3-4;1-2-3;2-1-4-3;2*1-2;;;3*1-2-3;;/h1,10H,3-6H2;1-2H,5-8H2;2*1,8H,3-4H2;1,7H,3H2;1H,3-4H2;3*1H,3H2;2H,1H3;1,3H;2*2H,1H3;2*1H4;;;;;/q;;;;;;;;;;;;;;;;;;;+1/p-1/i1T,10T;;1T,8T;8T;7T;1T;;2*1T;2T;;;;;;;;;;. The number of carbonyl (C=O) groups is 1. The Morgan fingerprint density at radius 3 is 1.05 bits per heavy atom. The molecule has 0 saturated carbocycles. The zero-order chi connectivity index (χ0) is 75.2. The largest absolute Gasteiger partial charge is 1.00 e. The van der Waals surface area contributed by atoms with Crippen molar-refractivity contribution in [3.8, 4) is 168 Å². The van der Waals surface area contributed by atoms with Crippen LogP contribution >= 0.6 is 300 Å². The summed E-state index contributed by atoms with van der Waals surface area (Å²) in [5.41, 5.74) is 0. The maximum Gasteiger partial charge on any atom is 1.00 e. The molecule has 0 amide bonds. The van der Waals surface area contributed by atoms with Crippen molar-refractivity contribution in [3.63, 3.8) is 0 Å². The Labute approximate surface area is 807 Å². The molecular weight excluding hydrogens is 2590 g/mol. The summed E-state index contributed by atoms with van der Waals surface area (Å²) < 4.78 is 77.8. The Morgan fingerprint density at radius 2 is 0.837 bits per heavy atom. The van der Waals surface area contributed by atoms with Crippen LogP contribution in [0.3, 0.4) is 0 Å². The molecular formula is C52H71BBr2FI9K2O3P7S9. The first-order chi connectivity index (χ1) is 44.2. The van der Waals surface area contributed by atoms with Crippen LogP contribution in [-0.2, 0) is 74.1 Å². The molecule has 1 radical (unpaired) electrons. The Bertz CT molecular complexity index is 2600. The van der Waals surface area contributed by atoms with E-state index < -0.39 is 7.52 Å². The molecule has 34 heteroatoms. The van der Waals surface area contributed by atoms with E-state index in [1.165, 1.54) is 6.82 Å². The summed E-state index contributed by atoms with van der Waals surface area (Å²) in [5.74, 6) is 36.9. The van der Waals surface area contributed by atoms with E-state index in [-0.39, 0.29) is 153 Å². The van der Waals surface area contributed by atoms with Gasteiger partial charge in [-0.05, 0) is 190 Å². The van der Waals surface area contributed by atoms with E-state index in [0.717, 1.165) is 99.8 Å². The molecule has 0 N–H and O–H groups in total. The van der Waals surface area contributed by atoms with Gasteiger partial charge >= 0.3 is 58.9 Å². The first-order valence-electron chi connectivity index (χ1n) is 24.6. The first kappa shape index (κ1) is 116. The van der Waals surface area contributed by atoms with Crippen molar-refractivity contribution in [1.82, 2.24) is 0 Å². The molecule has 0 aliphatic carbocycles. The molecule has 0 rings (SSSR count). The van der Waals surface area contributed by atoms with Crippen molar-refractivity contribution >= 4 is 430 Å². The van der Waals surface area contributed by atoms with Crippen LogP contribution in [0.1, 0.15) is 112 Å². The van der Waals surface area contributed by atoms with E-state index >= 15 is 0 Å². The van der Waals surface area contributed by atoms with E-state index in [4.69, 9.17) is 55.5 Å². The monoisotopic (exact) mass is 2680 g/mol. The summed E-state index contributed by atoms with van der Waals surface area (Å²) in [6, 6.07) is 0. The van der Waals surface area contributed by atoms with Gasteiger partial charge in [0.05, 0.1) is 20.6 Å². The number of rotatable bonds is 10. The van der Waals surface area contributed by atoms with Gasteiger partial charge in [0.2, 0.25) is 0 Å². The zero-order valence-corrected chi connectivity index (χ0v) is 88.5. The van der Waals surface area contributed by atoms with E-state index in [9.17, 15) is 4.32 Å². The molecule has 0 aliphatic rings. The fourth-order valence-corrected chi connectivity index (χ4v) is 5.36. The van der Waals surface area contributed by atoms with Crippen molar-refractivity contribution in [3.05, 3.63) is 0 Å². The van der Waals surface area contributed by atoms with Crippen molar-refractivity contribution < 1.29 is 77.5 Å². The predicted molar refractivity (Wildman–Crippen MR) is 523 cm³/mol. The van der Waals surface area contributed by atoms with Crippen LogP contribution in [0.5, 0.6) is 0 Å². The molecule has 0 saturated heterocycles. The Kier molecular flexibility index (Phi) is 277. The zero-order valence-electron chi connectivity index (χ0n) is 55.9. The molecule has 86 heavy (non-hydrogen) atoms. The molecule has 0 heterocycles. The minimum atomic E-state index is -1.42. The normalized spacial score (nSPS) is 9.03. The number of alkyl halides is 4. The second-order valence-electron chi connectivity index (χ2n) is 9.02. The van der Waals surface area contributed by atoms with Gasteiger partial charge < -0.3 is 14.5 Å². The van der Waals surface area contributed by atoms with Crippen LogP contribution < -0.4 is 56.6 Å². The number of terminal acetylenes is 10. The van der Waals surface area contributed by atoms with Gasteiger partial charge in [-0.2, -0.15) is 25.3 Å². The predicted octanol–water partition coefficient (Wildman–Crippen LogP) is 19.3. The van der Waals surface area contributed by atoms with E-state index in [1.807, 2.05) is 19.2 Å². The second-order valence-corrected chi connectivity index (χ2v) is 50.2. The van der Waals surface area contributed by atoms with E-state index in [2.05, 4.69) is 410 Å². The smallest absolute Gasteiger partial charge is 0.662 e. The SMILES string of the molecule is C.C.C#CCBr.C#CCCCCC#C.CS.CS.O=CO[O-].S=PI.S=PI.S=PI.[3H]B(C)F.[3H]C#CCCBr.[3H]C#CCCC#CS(I)=P[3H].[3H]C#CCCCCC#CS(I)=P[3H].[3H]C#CCI.[3H]C#CCI.[3H]P=S(I)C#CCC#C.[3H]P=S(I)C#CCCC#C.[K+].[K]. The van der Waals surface area contributed by atoms with Crippen molar-refractivity contribution in [2.75, 3.05) is 32.0 Å². The third kappa shape index (κ3) is 389. The molecule has 475 valence electrons. The molecule has 0 aromatic heterocycles. The molecule has 3 nitrogen and oxygen atoms in total. The fraction of sp³-hybridized carbons (Fsp3) is 0.442. The summed E-state index contributed by atoms with van der Waals surface area (Å²) in [6.07, 6.45) is 50.1. The molecule has 0 fully saturated rings. The number of unbranched alkanes of at least 4 members (excludes halogenated alkanes) is 8. The Balaban J connectivity index is -0.0000000365. The quantitative estimate of drug-likeness (QED) is 0.0217. The Hall–Kier alpha value is 8.93. The van der Waals surface area contributed by atoms with Gasteiger partial charge in [-0.25, -0.2) is 0 Å². The summed E-state index contributed by atoms with van der Waals surface area (Å²) in [6.45, 7) is 0.986. The molecule has 4 unspecified atom stereocenters. The fourth-order valence-electron chi connectivity index (χ4n) is 1.67. The van der Waals surface area contributed by atoms with Crippen LogP contribution in [0, 0.1) is 168 Å². The number of hydrogen-bond acceptors (Lipinski definition) is 8. The van der Waals surface area contributed by atoms with Gasteiger partial charge in [0, 0.05) is 216 Å². The third-order valence-corrected chi connectivity index (χ3v) is 10.3. The molecule has 0 aromatic rings. The number of thiol groups is 2. The van der Waals surface area contributed by atoms with Crippen LogP contribution in [0.2, 0.25) is 6.82 Å². The van der Waals surface area contributed by atoms with Gasteiger partial charge in [-0.3, -0.25) is 4.79 Å². The van der Waals surface area contributed by atoms with Gasteiger partial charge in [0.1, 0.15) is 12.0 Å². The maximum atomic E-state index is 10.7.